The first-order valence-electron chi connectivity index (χ1n) is 11.0. The molecule has 6 atom stereocenters. The van der Waals surface area contributed by atoms with E-state index in [1.807, 2.05) is 20.8 Å². The van der Waals surface area contributed by atoms with Gasteiger partial charge in [0, 0.05) is 24.7 Å². The Hall–Kier alpha value is -2.38. The van der Waals surface area contributed by atoms with Crippen LogP contribution in [-0.4, -0.2) is 53.2 Å². The lowest BCUT2D eigenvalue weighted by atomic mass is 9.67. The van der Waals surface area contributed by atoms with Gasteiger partial charge in [0.15, 0.2) is 0 Å². The number of carbonyl (C=O) groups is 2. The topological polar surface area (TPSA) is 102 Å². The third-order valence-electron chi connectivity index (χ3n) is 7.29. The summed E-state index contributed by atoms with van der Waals surface area (Å²) in [4.78, 5) is 24.9. The fourth-order valence-electron chi connectivity index (χ4n) is 5.38. The molecular weight excluding hydrogens is 412 g/mol. The molecular formula is C25H34O7. The standard InChI is InChI=1S/C25H34O7/c1-14(2)25(29)13-21(31-16(4)26)24(5)12-19(27)15(3)11-20(22(24)25)32-23(28)17-7-9-18(30-6)10-8-17/h7-11,14,19-22,27,29H,12-13H2,1-6H3/t19-,20+,21+,22+,24-,25-/m0/s1. The highest BCUT2D eigenvalue weighted by molar-refractivity contribution is 5.89. The lowest BCUT2D eigenvalue weighted by molar-refractivity contribution is -0.154. The Bertz CT molecular complexity index is 890. The van der Waals surface area contributed by atoms with Crippen molar-refractivity contribution >= 4 is 11.9 Å². The Morgan fingerprint density at radius 1 is 1.12 bits per heavy atom. The van der Waals surface area contributed by atoms with Gasteiger partial charge >= 0.3 is 11.9 Å². The maximum atomic E-state index is 13.0. The second kappa shape index (κ2) is 8.87. The van der Waals surface area contributed by atoms with Crippen molar-refractivity contribution in [1.29, 1.82) is 0 Å². The van der Waals surface area contributed by atoms with Gasteiger partial charge in [-0.15, -0.1) is 0 Å². The van der Waals surface area contributed by atoms with Gasteiger partial charge in [0.25, 0.3) is 0 Å². The first kappa shape index (κ1) is 24.3. The molecule has 0 bridgehead atoms. The third-order valence-corrected chi connectivity index (χ3v) is 7.29. The number of hydrogen-bond acceptors (Lipinski definition) is 7. The predicted molar refractivity (Wildman–Crippen MR) is 118 cm³/mol. The van der Waals surface area contributed by atoms with Crippen molar-refractivity contribution in [3.05, 3.63) is 41.5 Å². The van der Waals surface area contributed by atoms with Crippen molar-refractivity contribution in [2.75, 3.05) is 7.11 Å². The smallest absolute Gasteiger partial charge is 0.338 e. The first-order chi connectivity index (χ1) is 14.9. The average Bonchev–Trinajstić information content (AvgIpc) is 2.87. The molecule has 2 N–H and O–H groups in total. The number of esters is 2. The minimum Gasteiger partial charge on any atom is -0.497 e. The molecule has 0 radical (unpaired) electrons. The number of benzene rings is 1. The van der Waals surface area contributed by atoms with E-state index in [4.69, 9.17) is 14.2 Å². The molecule has 2 aliphatic rings. The van der Waals surface area contributed by atoms with Crippen LogP contribution < -0.4 is 4.74 Å². The molecule has 0 aliphatic heterocycles. The molecule has 7 heteroatoms. The zero-order valence-electron chi connectivity index (χ0n) is 19.6. The van der Waals surface area contributed by atoms with Crippen LogP contribution in [0.15, 0.2) is 35.9 Å². The van der Waals surface area contributed by atoms with Crippen molar-refractivity contribution < 1.29 is 34.0 Å². The van der Waals surface area contributed by atoms with E-state index in [1.165, 1.54) is 6.92 Å². The first-order valence-corrected chi connectivity index (χ1v) is 11.0. The van der Waals surface area contributed by atoms with E-state index < -0.39 is 47.2 Å². The zero-order valence-corrected chi connectivity index (χ0v) is 19.6. The molecule has 2 aliphatic carbocycles. The van der Waals surface area contributed by atoms with Crippen molar-refractivity contribution in [1.82, 2.24) is 0 Å². The summed E-state index contributed by atoms with van der Waals surface area (Å²) in [7, 11) is 1.55. The second-order valence-electron chi connectivity index (χ2n) is 9.66. The summed E-state index contributed by atoms with van der Waals surface area (Å²) in [5.41, 5.74) is -1.06. The van der Waals surface area contributed by atoms with Gasteiger partial charge in [0.05, 0.1) is 24.4 Å². The maximum Gasteiger partial charge on any atom is 0.338 e. The average molecular weight is 447 g/mol. The van der Waals surface area contributed by atoms with E-state index in [0.717, 1.165) is 0 Å². The van der Waals surface area contributed by atoms with Gasteiger partial charge < -0.3 is 24.4 Å². The van der Waals surface area contributed by atoms with Crippen LogP contribution in [0.3, 0.4) is 0 Å². The Kier molecular flexibility index (Phi) is 6.72. The number of aliphatic hydroxyl groups excluding tert-OH is 1. The van der Waals surface area contributed by atoms with Crippen LogP contribution >= 0.6 is 0 Å². The van der Waals surface area contributed by atoms with Crippen LogP contribution in [0.2, 0.25) is 0 Å². The molecule has 7 nitrogen and oxygen atoms in total. The highest BCUT2D eigenvalue weighted by Gasteiger charge is 2.65. The van der Waals surface area contributed by atoms with Gasteiger partial charge in [0.2, 0.25) is 0 Å². The summed E-state index contributed by atoms with van der Waals surface area (Å²) in [6, 6.07) is 6.59. The molecule has 1 aromatic rings. The van der Waals surface area contributed by atoms with E-state index >= 15 is 0 Å². The highest BCUT2D eigenvalue weighted by Crippen LogP contribution is 2.59. The molecule has 0 amide bonds. The summed E-state index contributed by atoms with van der Waals surface area (Å²) < 4.78 is 16.7. The molecule has 0 spiro atoms. The quantitative estimate of drug-likeness (QED) is 0.529. The Morgan fingerprint density at radius 3 is 2.28 bits per heavy atom. The summed E-state index contributed by atoms with van der Waals surface area (Å²) in [5, 5.41) is 22.6. The predicted octanol–water partition coefficient (Wildman–Crippen LogP) is 3.28. The second-order valence-corrected chi connectivity index (χ2v) is 9.66. The van der Waals surface area contributed by atoms with Gasteiger partial charge in [-0.3, -0.25) is 4.79 Å². The van der Waals surface area contributed by atoms with Crippen molar-refractivity contribution in [2.45, 2.75) is 71.4 Å². The zero-order chi connectivity index (χ0) is 23.8. The molecule has 1 aromatic carbocycles. The Morgan fingerprint density at radius 2 is 1.75 bits per heavy atom. The fourth-order valence-corrected chi connectivity index (χ4v) is 5.38. The summed E-state index contributed by atoms with van der Waals surface area (Å²) in [5.74, 6) is -1.13. The van der Waals surface area contributed by atoms with Gasteiger partial charge in [-0.1, -0.05) is 20.8 Å². The lowest BCUT2D eigenvalue weighted by Gasteiger charge is -2.43. The highest BCUT2D eigenvalue weighted by atomic mass is 16.6. The molecule has 0 aromatic heterocycles. The number of rotatable bonds is 5. The van der Waals surface area contributed by atoms with Crippen LogP contribution in [0.1, 0.15) is 57.8 Å². The number of hydrogen-bond donors (Lipinski definition) is 2. The van der Waals surface area contributed by atoms with E-state index in [1.54, 1.807) is 44.4 Å². The van der Waals surface area contributed by atoms with Crippen LogP contribution in [0.5, 0.6) is 5.75 Å². The summed E-state index contributed by atoms with van der Waals surface area (Å²) in [6.45, 7) is 8.81. The number of ether oxygens (including phenoxy) is 3. The lowest BCUT2D eigenvalue weighted by Crippen LogP contribution is -2.50. The number of methoxy groups -OCH3 is 1. The van der Waals surface area contributed by atoms with Gasteiger partial charge in [-0.25, -0.2) is 4.79 Å². The van der Waals surface area contributed by atoms with Crippen molar-refractivity contribution in [3.63, 3.8) is 0 Å². The number of carbonyl (C=O) groups excluding carboxylic acids is 2. The van der Waals surface area contributed by atoms with Crippen LogP contribution in [0.4, 0.5) is 0 Å². The molecule has 0 saturated heterocycles. The van der Waals surface area contributed by atoms with E-state index in [-0.39, 0.29) is 18.8 Å². The normalized spacial score (nSPS) is 34.3. The third kappa shape index (κ3) is 4.28. The van der Waals surface area contributed by atoms with E-state index in [9.17, 15) is 19.8 Å². The van der Waals surface area contributed by atoms with E-state index in [0.29, 0.717) is 16.9 Å². The van der Waals surface area contributed by atoms with Crippen molar-refractivity contribution in [3.8, 4) is 5.75 Å². The van der Waals surface area contributed by atoms with E-state index in [2.05, 4.69) is 0 Å². The molecule has 176 valence electrons. The molecule has 32 heavy (non-hydrogen) atoms. The van der Waals surface area contributed by atoms with Crippen molar-refractivity contribution in [2.24, 2.45) is 17.3 Å². The molecule has 0 unspecified atom stereocenters. The fraction of sp³-hybridized carbons (Fsp3) is 0.600. The van der Waals surface area contributed by atoms with Crippen LogP contribution in [0.25, 0.3) is 0 Å². The molecule has 0 heterocycles. The van der Waals surface area contributed by atoms with Gasteiger partial charge in [-0.05, 0) is 55.2 Å². The summed E-state index contributed by atoms with van der Waals surface area (Å²) in [6.07, 6.45) is -0.00977. The van der Waals surface area contributed by atoms with Crippen LogP contribution in [0, 0.1) is 17.3 Å². The number of fused-ring (bicyclic) bond motifs is 1. The van der Waals surface area contributed by atoms with Gasteiger partial charge in [-0.2, -0.15) is 0 Å². The Balaban J connectivity index is 2.04. The largest absolute Gasteiger partial charge is 0.497 e. The molecule has 1 fully saturated rings. The minimum atomic E-state index is -1.26. The monoisotopic (exact) mass is 446 g/mol. The Labute approximate surface area is 189 Å². The maximum absolute atomic E-state index is 13.0. The molecule has 1 saturated carbocycles. The summed E-state index contributed by atoms with van der Waals surface area (Å²) >= 11 is 0. The molecule has 3 rings (SSSR count). The SMILES string of the molecule is COc1ccc(C(=O)O[C@@H]2C=C(C)[C@@H](O)C[C@]3(C)[C@@H]2[C@@](O)(C(C)C)C[C@H]3OC(C)=O)cc1. The van der Waals surface area contributed by atoms with Crippen LogP contribution in [-0.2, 0) is 14.3 Å². The van der Waals surface area contributed by atoms with Gasteiger partial charge in [0.1, 0.15) is 18.0 Å². The minimum absolute atomic E-state index is 0.196. The number of aliphatic hydroxyl groups is 2.